The maximum Gasteiger partial charge on any atom is 0.252 e. The highest BCUT2D eigenvalue weighted by Gasteiger charge is 2.41. The van der Waals surface area contributed by atoms with Crippen molar-refractivity contribution >= 4 is 69.3 Å². The van der Waals surface area contributed by atoms with Crippen LogP contribution in [-0.2, 0) is 4.79 Å². The summed E-state index contributed by atoms with van der Waals surface area (Å²) >= 11 is 22.3. The lowest BCUT2D eigenvalue weighted by molar-refractivity contribution is -0.112. The Morgan fingerprint density at radius 2 is 1.61 bits per heavy atom. The van der Waals surface area contributed by atoms with Crippen molar-refractivity contribution in [3.8, 4) is 0 Å². The number of halogens is 5. The van der Waals surface area contributed by atoms with Crippen molar-refractivity contribution in [1.82, 2.24) is 5.43 Å². The average molecular weight is 491 g/mol. The number of hydrogen-bond acceptors (Lipinski definition) is 4. The molecular formula is C19H25Cl5N2O2. The van der Waals surface area contributed by atoms with Gasteiger partial charge in [-0.05, 0) is 50.9 Å². The molecule has 1 aliphatic rings. The summed E-state index contributed by atoms with van der Waals surface area (Å²) in [6.45, 7) is 7.82. The van der Waals surface area contributed by atoms with Gasteiger partial charge in [-0.3, -0.25) is 20.9 Å². The lowest BCUT2D eigenvalue weighted by atomic mass is 9.95. The van der Waals surface area contributed by atoms with Gasteiger partial charge in [0.1, 0.15) is 0 Å². The van der Waals surface area contributed by atoms with E-state index in [1.54, 1.807) is 43.3 Å². The monoisotopic (exact) mass is 488 g/mol. The van der Waals surface area contributed by atoms with Crippen molar-refractivity contribution < 1.29 is 9.59 Å². The van der Waals surface area contributed by atoms with Gasteiger partial charge in [-0.25, -0.2) is 0 Å². The van der Waals surface area contributed by atoms with Crippen LogP contribution in [0.3, 0.4) is 0 Å². The van der Waals surface area contributed by atoms with E-state index in [1.807, 2.05) is 26.8 Å². The first-order chi connectivity index (χ1) is 12.3. The highest BCUT2D eigenvalue weighted by Crippen LogP contribution is 2.36. The van der Waals surface area contributed by atoms with E-state index in [4.69, 9.17) is 52.2 Å². The second-order valence-electron chi connectivity index (χ2n) is 6.71. The van der Waals surface area contributed by atoms with E-state index < -0.39 is 20.7 Å². The number of nitrogens with two attached hydrogens (primary N) is 1. The van der Waals surface area contributed by atoms with Crippen LogP contribution in [-0.4, -0.2) is 26.3 Å². The minimum absolute atomic E-state index is 0. The average Bonchev–Trinajstić information content (AvgIpc) is 2.60. The van der Waals surface area contributed by atoms with Crippen LogP contribution in [0.2, 0.25) is 0 Å². The molecule has 0 saturated heterocycles. The predicted octanol–water partition coefficient (Wildman–Crippen LogP) is 5.59. The van der Waals surface area contributed by atoms with E-state index in [2.05, 4.69) is 5.43 Å². The van der Waals surface area contributed by atoms with Crippen LogP contribution < -0.4 is 11.3 Å². The second-order valence-corrected chi connectivity index (χ2v) is 8.46. The molecule has 0 aromatic heterocycles. The van der Waals surface area contributed by atoms with Crippen molar-refractivity contribution in [3.63, 3.8) is 0 Å². The number of hydrazine groups is 1. The van der Waals surface area contributed by atoms with Gasteiger partial charge in [0, 0.05) is 11.1 Å². The molecule has 2 rings (SSSR count). The first-order valence-corrected chi connectivity index (χ1v) is 9.53. The number of carbonyl (C=O) groups excluding carboxylic acids is 2. The van der Waals surface area contributed by atoms with Crippen LogP contribution in [0.25, 0.3) is 0 Å². The molecule has 2 atom stereocenters. The summed E-state index contributed by atoms with van der Waals surface area (Å²) in [5.41, 5.74) is 4.05. The highest BCUT2D eigenvalue weighted by atomic mass is 35.5. The fourth-order valence-corrected chi connectivity index (χ4v) is 2.42. The summed E-state index contributed by atoms with van der Waals surface area (Å²) in [5, 5.41) is -1.61. The molecule has 0 aliphatic heterocycles. The van der Waals surface area contributed by atoms with Crippen molar-refractivity contribution in [3.05, 3.63) is 59.7 Å². The SMILES string of the molecule is CC(C)(C)NN.CC1=CC=CC(Cl)(C(=O)Cl)C1Cl.Cl.O=C(Cl)c1ccccc1. The lowest BCUT2D eigenvalue weighted by Gasteiger charge is -2.27. The van der Waals surface area contributed by atoms with Crippen molar-refractivity contribution in [2.75, 3.05) is 0 Å². The van der Waals surface area contributed by atoms with Crippen LogP contribution in [0.5, 0.6) is 0 Å². The van der Waals surface area contributed by atoms with Crippen LogP contribution in [0.15, 0.2) is 54.1 Å². The zero-order valence-corrected chi connectivity index (χ0v) is 19.9. The minimum Gasteiger partial charge on any atom is -0.279 e. The molecule has 0 amide bonds. The van der Waals surface area contributed by atoms with Gasteiger partial charge in [0.15, 0.2) is 4.87 Å². The minimum atomic E-state index is -1.28. The van der Waals surface area contributed by atoms with Gasteiger partial charge in [-0.15, -0.1) is 35.6 Å². The lowest BCUT2D eigenvalue weighted by Crippen LogP contribution is -2.41. The van der Waals surface area contributed by atoms with E-state index in [0.29, 0.717) is 5.56 Å². The molecule has 4 nitrogen and oxygen atoms in total. The molecule has 0 heterocycles. The Balaban J connectivity index is 0. The van der Waals surface area contributed by atoms with Crippen LogP contribution >= 0.6 is 58.8 Å². The van der Waals surface area contributed by atoms with E-state index in [9.17, 15) is 9.59 Å². The number of hydrogen-bond donors (Lipinski definition) is 2. The summed E-state index contributed by atoms with van der Waals surface area (Å²) < 4.78 is 0. The van der Waals surface area contributed by atoms with Crippen molar-refractivity contribution in [2.45, 2.75) is 43.5 Å². The molecule has 9 heteroatoms. The third-order valence-corrected chi connectivity index (χ3v) is 5.15. The van der Waals surface area contributed by atoms with Crippen molar-refractivity contribution in [1.29, 1.82) is 0 Å². The van der Waals surface area contributed by atoms with Gasteiger partial charge in [0.05, 0.1) is 5.38 Å². The molecule has 1 aromatic carbocycles. The third-order valence-electron chi connectivity index (χ3n) is 3.20. The number of benzene rings is 1. The molecule has 3 N–H and O–H groups in total. The first-order valence-electron chi connectivity index (χ1n) is 7.96. The molecule has 158 valence electrons. The summed E-state index contributed by atoms with van der Waals surface area (Å²) in [5.74, 6) is 5.06. The van der Waals surface area contributed by atoms with Crippen LogP contribution in [0, 0.1) is 0 Å². The molecule has 0 bridgehead atoms. The summed E-state index contributed by atoms with van der Waals surface area (Å²) in [6.07, 6.45) is 4.99. The Hall–Kier alpha value is -0.590. The topological polar surface area (TPSA) is 72.2 Å². The third kappa shape index (κ3) is 10.8. The first kappa shape index (κ1) is 29.6. The zero-order valence-electron chi connectivity index (χ0n) is 16.0. The number of rotatable bonds is 2. The summed E-state index contributed by atoms with van der Waals surface area (Å²) in [7, 11) is 0. The van der Waals surface area contributed by atoms with Crippen LogP contribution in [0.4, 0.5) is 0 Å². The number of nitrogens with one attached hydrogen (secondary N) is 1. The number of carbonyl (C=O) groups is 2. The van der Waals surface area contributed by atoms with E-state index in [1.165, 1.54) is 6.08 Å². The van der Waals surface area contributed by atoms with E-state index >= 15 is 0 Å². The molecule has 1 aromatic rings. The standard InChI is InChI=1S/C8H7Cl3O.C7H5ClO.C4H12N2.ClH/c1-5-3-2-4-8(11,6(5)9)7(10)12;8-7(9)6-4-2-1-3-5-6;1-4(2,3)6-5;/h2-4,6H,1H3;1-5H;6H,5H2,1-3H3;1H. The Morgan fingerprint density at radius 3 is 1.89 bits per heavy atom. The molecule has 2 unspecified atom stereocenters. The second kappa shape index (κ2) is 13.6. The molecule has 0 radical (unpaired) electrons. The van der Waals surface area contributed by atoms with Gasteiger partial charge in [-0.1, -0.05) is 54.1 Å². The maximum absolute atomic E-state index is 10.9. The van der Waals surface area contributed by atoms with Gasteiger partial charge in [0.2, 0.25) is 5.24 Å². The Morgan fingerprint density at radius 1 is 1.14 bits per heavy atom. The maximum atomic E-state index is 10.9. The Bertz CT molecular complexity index is 687. The smallest absolute Gasteiger partial charge is 0.252 e. The zero-order chi connectivity index (χ0) is 21.3. The molecule has 0 spiro atoms. The molecule has 28 heavy (non-hydrogen) atoms. The molecule has 1 aliphatic carbocycles. The van der Waals surface area contributed by atoms with E-state index in [0.717, 1.165) is 5.57 Å². The van der Waals surface area contributed by atoms with Gasteiger partial charge in [0.25, 0.3) is 5.24 Å². The molecular weight excluding hydrogens is 465 g/mol. The summed E-state index contributed by atoms with van der Waals surface area (Å²) in [6, 6.07) is 8.74. The van der Waals surface area contributed by atoms with Gasteiger partial charge < -0.3 is 0 Å². The Labute approximate surface area is 192 Å². The van der Waals surface area contributed by atoms with Gasteiger partial charge in [-0.2, -0.15) is 0 Å². The quantitative estimate of drug-likeness (QED) is 0.245. The molecule has 0 fully saturated rings. The largest absolute Gasteiger partial charge is 0.279 e. The number of alkyl halides is 2. The predicted molar refractivity (Wildman–Crippen MR) is 123 cm³/mol. The number of allylic oxidation sites excluding steroid dienone is 4. The van der Waals surface area contributed by atoms with Crippen LogP contribution in [0.1, 0.15) is 38.1 Å². The van der Waals surface area contributed by atoms with E-state index in [-0.39, 0.29) is 17.9 Å². The van der Waals surface area contributed by atoms with Gasteiger partial charge >= 0.3 is 0 Å². The van der Waals surface area contributed by atoms with Crippen molar-refractivity contribution in [2.24, 2.45) is 5.84 Å². The highest BCUT2D eigenvalue weighted by molar-refractivity contribution is 6.72. The Kier molecular flexibility index (Phi) is 14.4. The molecule has 0 saturated carbocycles. The normalized spacial score (nSPS) is 20.3. The fourth-order valence-electron chi connectivity index (χ4n) is 1.57. The summed E-state index contributed by atoms with van der Waals surface area (Å²) in [4.78, 5) is 20.1. The fraction of sp³-hybridized carbons (Fsp3) is 0.368.